The lowest BCUT2D eigenvalue weighted by atomic mass is 10.3. The highest BCUT2D eigenvalue weighted by Crippen LogP contribution is 2.31. The second-order valence-electron chi connectivity index (χ2n) is 3.78. The Hall–Kier alpha value is -1.32. The normalized spacial score (nSPS) is 10.9. The van der Waals surface area contributed by atoms with Crippen LogP contribution in [0.3, 0.4) is 0 Å². The SMILES string of the molecule is Cc1nc2ccc(Sc3ccccc3)cc2s1. The zero-order chi connectivity index (χ0) is 11.7. The zero-order valence-electron chi connectivity index (χ0n) is 9.38. The Morgan fingerprint density at radius 2 is 1.82 bits per heavy atom. The Balaban J connectivity index is 1.95. The largest absolute Gasteiger partial charge is 0.242 e. The molecule has 0 bridgehead atoms. The fourth-order valence-electron chi connectivity index (χ4n) is 1.71. The monoisotopic (exact) mass is 257 g/mol. The number of fused-ring (bicyclic) bond motifs is 1. The molecule has 1 nitrogen and oxygen atoms in total. The highest BCUT2D eigenvalue weighted by Gasteiger charge is 2.02. The standard InChI is InChI=1S/C14H11NS2/c1-10-15-13-8-7-12(9-14(13)16-10)17-11-5-3-2-4-6-11/h2-9H,1H3. The van der Waals surface area contributed by atoms with Gasteiger partial charge >= 0.3 is 0 Å². The summed E-state index contributed by atoms with van der Waals surface area (Å²) in [5, 5.41) is 1.13. The highest BCUT2D eigenvalue weighted by molar-refractivity contribution is 7.99. The molecule has 0 saturated carbocycles. The van der Waals surface area contributed by atoms with Gasteiger partial charge in [-0.05, 0) is 37.3 Å². The maximum absolute atomic E-state index is 4.47. The van der Waals surface area contributed by atoms with Crippen molar-refractivity contribution in [2.45, 2.75) is 16.7 Å². The van der Waals surface area contributed by atoms with E-state index in [2.05, 4.69) is 54.4 Å². The van der Waals surface area contributed by atoms with E-state index in [0.717, 1.165) is 10.5 Å². The molecule has 0 amide bonds. The van der Waals surface area contributed by atoms with Crippen LogP contribution in [0.5, 0.6) is 0 Å². The molecule has 3 heteroatoms. The molecule has 0 saturated heterocycles. The smallest absolute Gasteiger partial charge is 0.0907 e. The van der Waals surface area contributed by atoms with Crippen molar-refractivity contribution in [3.05, 3.63) is 53.5 Å². The molecule has 0 aliphatic rings. The van der Waals surface area contributed by atoms with Gasteiger partial charge in [-0.3, -0.25) is 0 Å². The van der Waals surface area contributed by atoms with E-state index < -0.39 is 0 Å². The van der Waals surface area contributed by atoms with Gasteiger partial charge in [0.2, 0.25) is 0 Å². The lowest BCUT2D eigenvalue weighted by Crippen LogP contribution is -1.73. The number of hydrogen-bond acceptors (Lipinski definition) is 3. The molecule has 84 valence electrons. The summed E-state index contributed by atoms with van der Waals surface area (Å²) in [6.07, 6.45) is 0. The van der Waals surface area contributed by atoms with Gasteiger partial charge in [-0.1, -0.05) is 30.0 Å². The molecule has 1 aromatic heterocycles. The van der Waals surface area contributed by atoms with Gasteiger partial charge in [0.25, 0.3) is 0 Å². The van der Waals surface area contributed by atoms with Crippen LogP contribution in [0.25, 0.3) is 10.2 Å². The van der Waals surface area contributed by atoms with E-state index in [0.29, 0.717) is 0 Å². The molecule has 0 radical (unpaired) electrons. The second-order valence-corrected chi connectivity index (χ2v) is 6.16. The van der Waals surface area contributed by atoms with Gasteiger partial charge in [0.1, 0.15) is 0 Å². The fraction of sp³-hybridized carbons (Fsp3) is 0.0714. The molecule has 0 aliphatic carbocycles. The number of hydrogen-bond donors (Lipinski definition) is 0. The first kappa shape index (κ1) is 10.8. The van der Waals surface area contributed by atoms with Crippen LogP contribution >= 0.6 is 23.1 Å². The van der Waals surface area contributed by atoms with Gasteiger partial charge in [-0.2, -0.15) is 0 Å². The van der Waals surface area contributed by atoms with Crippen LogP contribution in [0.2, 0.25) is 0 Å². The number of nitrogens with zero attached hydrogens (tertiary/aromatic N) is 1. The Labute approximate surface area is 109 Å². The van der Waals surface area contributed by atoms with E-state index >= 15 is 0 Å². The van der Waals surface area contributed by atoms with Crippen molar-refractivity contribution in [3.63, 3.8) is 0 Å². The summed E-state index contributed by atoms with van der Waals surface area (Å²) in [6.45, 7) is 2.05. The van der Waals surface area contributed by atoms with Gasteiger partial charge < -0.3 is 0 Å². The second kappa shape index (κ2) is 4.51. The van der Waals surface area contributed by atoms with Crippen molar-refractivity contribution in [1.29, 1.82) is 0 Å². The lowest BCUT2D eigenvalue weighted by Gasteiger charge is -2.00. The molecular weight excluding hydrogens is 246 g/mol. The number of benzene rings is 2. The van der Waals surface area contributed by atoms with Crippen molar-refractivity contribution in [2.24, 2.45) is 0 Å². The van der Waals surface area contributed by atoms with E-state index in [1.165, 1.54) is 14.5 Å². The van der Waals surface area contributed by atoms with Gasteiger partial charge in [-0.15, -0.1) is 11.3 Å². The van der Waals surface area contributed by atoms with Gasteiger partial charge in [0, 0.05) is 9.79 Å². The predicted molar refractivity (Wildman–Crippen MR) is 74.9 cm³/mol. The van der Waals surface area contributed by atoms with Crippen LogP contribution in [0.15, 0.2) is 58.3 Å². The third-order valence-electron chi connectivity index (χ3n) is 2.45. The molecule has 3 aromatic rings. The quantitative estimate of drug-likeness (QED) is 0.656. The molecule has 0 fully saturated rings. The minimum Gasteiger partial charge on any atom is -0.242 e. The number of thiazole rings is 1. The van der Waals surface area contributed by atoms with Gasteiger partial charge in [-0.25, -0.2) is 4.98 Å². The van der Waals surface area contributed by atoms with E-state index in [1.807, 2.05) is 6.07 Å². The van der Waals surface area contributed by atoms with E-state index in [1.54, 1.807) is 23.1 Å². The summed E-state index contributed by atoms with van der Waals surface area (Å²) in [7, 11) is 0. The molecule has 0 aliphatic heterocycles. The summed E-state index contributed by atoms with van der Waals surface area (Å²) < 4.78 is 1.27. The molecule has 1 heterocycles. The van der Waals surface area contributed by atoms with Crippen molar-refractivity contribution in [1.82, 2.24) is 4.98 Å². The van der Waals surface area contributed by atoms with Crippen molar-refractivity contribution >= 4 is 33.3 Å². The van der Waals surface area contributed by atoms with Crippen LogP contribution in [0.1, 0.15) is 5.01 Å². The highest BCUT2D eigenvalue weighted by atomic mass is 32.2. The minimum atomic E-state index is 1.10. The molecule has 0 unspecified atom stereocenters. The summed E-state index contributed by atoms with van der Waals surface area (Å²) in [4.78, 5) is 7.01. The Bertz CT molecular complexity index is 644. The first-order valence-electron chi connectivity index (χ1n) is 5.41. The maximum atomic E-state index is 4.47. The average Bonchev–Trinajstić information content (AvgIpc) is 2.70. The molecule has 17 heavy (non-hydrogen) atoms. The maximum Gasteiger partial charge on any atom is 0.0907 e. The van der Waals surface area contributed by atoms with Gasteiger partial charge in [0.05, 0.1) is 15.2 Å². The Morgan fingerprint density at radius 1 is 1.00 bits per heavy atom. The number of rotatable bonds is 2. The molecule has 2 aromatic carbocycles. The average molecular weight is 257 g/mol. The van der Waals surface area contributed by atoms with Gasteiger partial charge in [0.15, 0.2) is 0 Å². The van der Waals surface area contributed by atoms with E-state index in [9.17, 15) is 0 Å². The van der Waals surface area contributed by atoms with Crippen LogP contribution in [-0.4, -0.2) is 4.98 Å². The van der Waals surface area contributed by atoms with Crippen LogP contribution in [0.4, 0.5) is 0 Å². The minimum absolute atomic E-state index is 1.10. The molecular formula is C14H11NS2. The molecule has 3 rings (SSSR count). The van der Waals surface area contributed by atoms with Crippen LogP contribution in [0, 0.1) is 6.92 Å². The summed E-state index contributed by atoms with van der Waals surface area (Å²) in [6, 6.07) is 16.9. The fourth-order valence-corrected chi connectivity index (χ4v) is 3.53. The summed E-state index contributed by atoms with van der Waals surface area (Å²) in [5.41, 5.74) is 1.10. The Kier molecular flexibility index (Phi) is 2.87. The zero-order valence-corrected chi connectivity index (χ0v) is 11.0. The van der Waals surface area contributed by atoms with Crippen molar-refractivity contribution < 1.29 is 0 Å². The topological polar surface area (TPSA) is 12.9 Å². The van der Waals surface area contributed by atoms with Crippen molar-refractivity contribution in [3.8, 4) is 0 Å². The van der Waals surface area contributed by atoms with Crippen LogP contribution < -0.4 is 0 Å². The third kappa shape index (κ3) is 2.35. The number of aromatic nitrogens is 1. The number of aryl methyl sites for hydroxylation is 1. The molecule has 0 atom stereocenters. The third-order valence-corrected chi connectivity index (χ3v) is 4.38. The Morgan fingerprint density at radius 3 is 2.65 bits per heavy atom. The van der Waals surface area contributed by atoms with Crippen molar-refractivity contribution in [2.75, 3.05) is 0 Å². The van der Waals surface area contributed by atoms with E-state index in [-0.39, 0.29) is 0 Å². The molecule has 0 spiro atoms. The summed E-state index contributed by atoms with van der Waals surface area (Å²) in [5.74, 6) is 0. The lowest BCUT2D eigenvalue weighted by molar-refractivity contribution is 1.34. The first-order chi connectivity index (χ1) is 8.31. The van der Waals surface area contributed by atoms with Crippen LogP contribution in [-0.2, 0) is 0 Å². The summed E-state index contributed by atoms with van der Waals surface area (Å²) >= 11 is 3.54. The van der Waals surface area contributed by atoms with E-state index in [4.69, 9.17) is 0 Å². The predicted octanol–water partition coefficient (Wildman–Crippen LogP) is 4.76. The first-order valence-corrected chi connectivity index (χ1v) is 7.05. The molecule has 0 N–H and O–H groups in total.